The summed E-state index contributed by atoms with van der Waals surface area (Å²) in [5.74, 6) is 0.0491. The van der Waals surface area contributed by atoms with Crippen LogP contribution in [0.25, 0.3) is 32.9 Å². The summed E-state index contributed by atoms with van der Waals surface area (Å²) in [4.78, 5) is 14.5. The van der Waals surface area contributed by atoms with Gasteiger partial charge in [-0.25, -0.2) is 9.18 Å². The number of methoxy groups -OCH3 is 1. The van der Waals surface area contributed by atoms with Gasteiger partial charge in [0.25, 0.3) is 0 Å². The summed E-state index contributed by atoms with van der Waals surface area (Å²) >= 11 is 7.78. The third-order valence-electron chi connectivity index (χ3n) is 5.51. The Labute approximate surface area is 184 Å². The number of benzene rings is 2. The molecule has 0 atom stereocenters. The molecule has 0 radical (unpaired) electrons. The summed E-state index contributed by atoms with van der Waals surface area (Å²) in [7, 11) is 1.54. The first-order chi connectivity index (χ1) is 15.0. The predicted octanol–water partition coefficient (Wildman–Crippen LogP) is 4.44. The van der Waals surface area contributed by atoms with Crippen molar-refractivity contribution < 1.29 is 19.0 Å². The zero-order valence-electron chi connectivity index (χ0n) is 16.4. The van der Waals surface area contributed by atoms with E-state index in [1.165, 1.54) is 16.4 Å². The SMILES string of the molecule is COc1cc(-c2c(Cl)cc3c(N4CCN(C(=O)O)CC4)snc3c2F)c2[nH]ncc2c1. The Balaban J connectivity index is 1.61. The minimum atomic E-state index is -0.934. The average molecular weight is 462 g/mol. The maximum Gasteiger partial charge on any atom is 0.407 e. The molecule has 2 aromatic heterocycles. The third-order valence-corrected chi connectivity index (χ3v) is 6.73. The highest BCUT2D eigenvalue weighted by Gasteiger charge is 2.26. The fraction of sp³-hybridized carbons (Fsp3) is 0.250. The number of nitrogens with one attached hydrogen (secondary N) is 1. The molecule has 2 N–H and O–H groups in total. The van der Waals surface area contributed by atoms with E-state index < -0.39 is 11.9 Å². The van der Waals surface area contributed by atoms with Crippen molar-refractivity contribution >= 4 is 56.0 Å². The Morgan fingerprint density at radius 1 is 1.29 bits per heavy atom. The lowest BCUT2D eigenvalue weighted by Crippen LogP contribution is -2.48. The lowest BCUT2D eigenvalue weighted by atomic mass is 10.00. The molecule has 11 heteroatoms. The molecular formula is C20H17ClFN5O3S. The summed E-state index contributed by atoms with van der Waals surface area (Å²) in [6.45, 7) is 1.78. The van der Waals surface area contributed by atoms with Crippen molar-refractivity contribution in [1.82, 2.24) is 19.5 Å². The van der Waals surface area contributed by atoms with Crippen molar-refractivity contribution in [2.24, 2.45) is 0 Å². The number of aromatic nitrogens is 3. The van der Waals surface area contributed by atoms with Gasteiger partial charge in [-0.2, -0.15) is 9.47 Å². The Morgan fingerprint density at radius 2 is 2.06 bits per heavy atom. The molecule has 160 valence electrons. The second kappa shape index (κ2) is 7.54. The van der Waals surface area contributed by atoms with Crippen molar-refractivity contribution in [2.45, 2.75) is 0 Å². The molecule has 1 aliphatic heterocycles. The summed E-state index contributed by atoms with van der Waals surface area (Å²) in [5.41, 5.74) is 1.66. The molecule has 0 unspecified atom stereocenters. The van der Waals surface area contributed by atoms with Crippen LogP contribution in [0.4, 0.5) is 14.2 Å². The second-order valence-corrected chi connectivity index (χ2v) is 8.36. The number of carboxylic acid groups (broad SMARTS) is 1. The van der Waals surface area contributed by atoms with Crippen molar-refractivity contribution in [3.8, 4) is 16.9 Å². The van der Waals surface area contributed by atoms with E-state index in [2.05, 4.69) is 14.6 Å². The number of carbonyl (C=O) groups is 1. The van der Waals surface area contributed by atoms with E-state index in [1.807, 2.05) is 11.0 Å². The number of rotatable bonds is 3. The molecule has 0 spiro atoms. The number of ether oxygens (including phenoxy) is 1. The van der Waals surface area contributed by atoms with E-state index in [4.69, 9.17) is 21.4 Å². The molecule has 1 aliphatic rings. The molecule has 0 bridgehead atoms. The van der Waals surface area contributed by atoms with Crippen LogP contribution in [0, 0.1) is 5.82 Å². The van der Waals surface area contributed by atoms with Gasteiger partial charge in [0.2, 0.25) is 0 Å². The number of amides is 1. The highest BCUT2D eigenvalue weighted by molar-refractivity contribution is 7.11. The molecule has 1 amide bonds. The number of aromatic amines is 1. The summed E-state index contributed by atoms with van der Waals surface area (Å²) in [6.07, 6.45) is 0.708. The molecule has 4 aromatic rings. The van der Waals surface area contributed by atoms with Crippen LogP contribution in [0.3, 0.4) is 0 Å². The van der Waals surface area contributed by atoms with Gasteiger partial charge in [-0.3, -0.25) is 5.10 Å². The standard InChI is InChI=1S/C20H17ClFN5O3S/c1-30-11-6-10-9-23-24-17(10)12(7-11)15-14(21)8-13-18(16(15)22)25-31-19(13)26-2-4-27(5-3-26)20(28)29/h6-9H,2-5H2,1H3,(H,23,24)(H,28,29). The van der Waals surface area contributed by atoms with Crippen LogP contribution in [-0.2, 0) is 0 Å². The molecule has 1 saturated heterocycles. The quantitative estimate of drug-likeness (QED) is 0.468. The number of nitrogens with zero attached hydrogens (tertiary/aromatic N) is 4. The minimum absolute atomic E-state index is 0.231. The van der Waals surface area contributed by atoms with Gasteiger partial charge in [0, 0.05) is 48.1 Å². The van der Waals surface area contributed by atoms with Crippen LogP contribution in [0.2, 0.25) is 5.02 Å². The fourth-order valence-corrected chi connectivity index (χ4v) is 5.12. The zero-order valence-corrected chi connectivity index (χ0v) is 17.9. The number of anilines is 1. The first kappa shape index (κ1) is 19.8. The number of halogens is 2. The van der Waals surface area contributed by atoms with Gasteiger partial charge in [-0.1, -0.05) is 11.6 Å². The molecule has 8 nitrogen and oxygen atoms in total. The number of piperazine rings is 1. The van der Waals surface area contributed by atoms with Gasteiger partial charge in [-0.05, 0) is 29.7 Å². The number of hydrogen-bond donors (Lipinski definition) is 2. The summed E-state index contributed by atoms with van der Waals surface area (Å²) in [5, 5.41) is 18.5. The first-order valence-corrected chi connectivity index (χ1v) is 10.6. The average Bonchev–Trinajstić information content (AvgIpc) is 3.40. The van der Waals surface area contributed by atoms with Crippen LogP contribution in [0.5, 0.6) is 5.75 Å². The maximum absolute atomic E-state index is 15.7. The Kier molecular flexibility index (Phi) is 4.82. The smallest absolute Gasteiger partial charge is 0.407 e. The molecule has 5 rings (SSSR count). The molecule has 3 heterocycles. The van der Waals surface area contributed by atoms with Crippen LogP contribution in [0.1, 0.15) is 0 Å². The normalized spacial score (nSPS) is 14.5. The van der Waals surface area contributed by atoms with E-state index in [1.54, 1.807) is 25.4 Å². The van der Waals surface area contributed by atoms with Gasteiger partial charge in [-0.15, -0.1) is 0 Å². The lowest BCUT2D eigenvalue weighted by molar-refractivity contribution is 0.142. The van der Waals surface area contributed by atoms with E-state index >= 15 is 4.39 Å². The maximum atomic E-state index is 15.7. The largest absolute Gasteiger partial charge is 0.497 e. The Morgan fingerprint density at radius 3 is 2.77 bits per heavy atom. The molecule has 0 saturated carbocycles. The third kappa shape index (κ3) is 3.22. The lowest BCUT2D eigenvalue weighted by Gasteiger charge is -2.33. The zero-order chi connectivity index (χ0) is 21.7. The Bertz CT molecular complexity index is 1320. The van der Waals surface area contributed by atoms with E-state index in [-0.39, 0.29) is 16.1 Å². The topological polar surface area (TPSA) is 94.6 Å². The predicted molar refractivity (Wildman–Crippen MR) is 118 cm³/mol. The summed E-state index contributed by atoms with van der Waals surface area (Å²) in [6, 6.07) is 5.25. The molecular weight excluding hydrogens is 445 g/mol. The van der Waals surface area contributed by atoms with Crippen LogP contribution in [0.15, 0.2) is 24.4 Å². The van der Waals surface area contributed by atoms with E-state index in [0.29, 0.717) is 48.4 Å². The van der Waals surface area contributed by atoms with Crippen LogP contribution >= 0.6 is 23.1 Å². The van der Waals surface area contributed by atoms with Crippen molar-refractivity contribution in [3.05, 3.63) is 35.2 Å². The number of H-pyrrole nitrogens is 1. The van der Waals surface area contributed by atoms with Crippen LogP contribution < -0.4 is 9.64 Å². The van der Waals surface area contributed by atoms with Crippen molar-refractivity contribution in [2.75, 3.05) is 38.2 Å². The Hall–Kier alpha value is -3.11. The van der Waals surface area contributed by atoms with E-state index in [9.17, 15) is 4.79 Å². The van der Waals surface area contributed by atoms with Gasteiger partial charge in [0.05, 0.1) is 23.8 Å². The second-order valence-electron chi connectivity index (χ2n) is 7.20. The number of fused-ring (bicyclic) bond motifs is 2. The molecule has 2 aromatic carbocycles. The monoisotopic (exact) mass is 461 g/mol. The van der Waals surface area contributed by atoms with Gasteiger partial charge >= 0.3 is 6.09 Å². The van der Waals surface area contributed by atoms with Gasteiger partial charge < -0.3 is 19.6 Å². The molecule has 31 heavy (non-hydrogen) atoms. The highest BCUT2D eigenvalue weighted by Crippen LogP contribution is 2.43. The van der Waals surface area contributed by atoms with Gasteiger partial charge in [0.15, 0.2) is 5.82 Å². The van der Waals surface area contributed by atoms with E-state index in [0.717, 1.165) is 10.4 Å². The minimum Gasteiger partial charge on any atom is -0.497 e. The first-order valence-electron chi connectivity index (χ1n) is 9.49. The number of hydrogen-bond acceptors (Lipinski definition) is 6. The fourth-order valence-electron chi connectivity index (χ4n) is 3.92. The van der Waals surface area contributed by atoms with Gasteiger partial charge in [0.1, 0.15) is 16.3 Å². The summed E-state index contributed by atoms with van der Waals surface area (Å²) < 4.78 is 25.4. The van der Waals surface area contributed by atoms with Crippen LogP contribution in [-0.4, -0.2) is 64.0 Å². The van der Waals surface area contributed by atoms with Crippen molar-refractivity contribution in [3.63, 3.8) is 0 Å². The molecule has 1 fully saturated rings. The highest BCUT2D eigenvalue weighted by atomic mass is 35.5. The molecule has 0 aliphatic carbocycles. The van der Waals surface area contributed by atoms with Crippen molar-refractivity contribution in [1.29, 1.82) is 0 Å².